The Bertz CT molecular complexity index is 835. The van der Waals surface area contributed by atoms with Gasteiger partial charge in [0, 0.05) is 27.7 Å². The average molecular weight is 574 g/mol. The molecule has 18 heteroatoms. The van der Waals surface area contributed by atoms with Crippen molar-refractivity contribution in [3.8, 4) is 0 Å². The molecule has 0 radical (unpaired) electrons. The van der Waals surface area contributed by atoms with Crippen molar-refractivity contribution >= 4 is 0 Å². The van der Waals surface area contributed by atoms with Gasteiger partial charge in [-0.2, -0.15) is 17.6 Å². The summed E-state index contributed by atoms with van der Waals surface area (Å²) in [5.41, 5.74) is -44.6. The third-order valence-corrected chi connectivity index (χ3v) is 7.19. The van der Waals surface area contributed by atoms with Crippen LogP contribution in [0, 0.1) is 0 Å². The molecule has 0 spiro atoms. The molecule has 2 rings (SSSR count). The Morgan fingerprint density at radius 3 is 0.722 bits per heavy atom. The van der Waals surface area contributed by atoms with Crippen molar-refractivity contribution in [2.24, 2.45) is 0 Å². The molecule has 2 aliphatic carbocycles. The monoisotopic (exact) mass is 574 g/mol. The van der Waals surface area contributed by atoms with Crippen molar-refractivity contribution in [2.45, 2.75) is 110 Å². The fourth-order valence-electron chi connectivity index (χ4n) is 5.32. The topological polar surface area (TPSA) is 0 Å². The number of alkyl halides is 18. The van der Waals surface area contributed by atoms with Gasteiger partial charge in [-0.1, -0.05) is 0 Å². The SMILES string of the molecule is CC(F)(F)C1(F)CCC(F)(C(C)(F)F)C2(F)C(F)(C(C)(F)F)C(F)(F)C(F)(F)C(F)(C(C)(F)F)C12F. The van der Waals surface area contributed by atoms with Crippen molar-refractivity contribution in [3.63, 3.8) is 0 Å². The quantitative estimate of drug-likeness (QED) is 0.299. The van der Waals surface area contributed by atoms with Crippen LogP contribution in [0.4, 0.5) is 79.0 Å². The number of hydrogen-bond acceptors (Lipinski definition) is 0. The molecule has 0 heterocycles. The van der Waals surface area contributed by atoms with Gasteiger partial charge in [0.1, 0.15) is 0 Å². The van der Waals surface area contributed by atoms with E-state index in [1.54, 1.807) is 0 Å². The predicted molar refractivity (Wildman–Crippen MR) is 84.6 cm³/mol. The molecule has 214 valence electrons. The van der Waals surface area contributed by atoms with Gasteiger partial charge in [0.05, 0.1) is 0 Å². The van der Waals surface area contributed by atoms with E-state index in [9.17, 15) is 52.7 Å². The molecule has 36 heavy (non-hydrogen) atoms. The molecular weight excluding hydrogens is 558 g/mol. The number of fused-ring (bicyclic) bond motifs is 1. The van der Waals surface area contributed by atoms with E-state index in [4.69, 9.17) is 0 Å². The number of hydrogen-bond donors (Lipinski definition) is 0. The summed E-state index contributed by atoms with van der Waals surface area (Å²) in [6, 6.07) is 0. The predicted octanol–water partition coefficient (Wildman–Crippen LogP) is 7.94. The van der Waals surface area contributed by atoms with Crippen LogP contribution in [-0.4, -0.2) is 69.5 Å². The van der Waals surface area contributed by atoms with Gasteiger partial charge in [-0.25, -0.2) is 61.5 Å². The molecule has 2 aliphatic rings. The largest absolute Gasteiger partial charge is 0.356 e. The van der Waals surface area contributed by atoms with Crippen molar-refractivity contribution in [1.29, 1.82) is 0 Å². The van der Waals surface area contributed by atoms with Crippen LogP contribution in [0.5, 0.6) is 0 Å². The summed E-state index contributed by atoms with van der Waals surface area (Å²) in [4.78, 5) is 0. The molecule has 0 bridgehead atoms. The Kier molecular flexibility index (Phi) is 5.88. The smallest absolute Gasteiger partial charge is 0.233 e. The van der Waals surface area contributed by atoms with Crippen molar-refractivity contribution in [1.82, 2.24) is 0 Å². The zero-order valence-corrected chi connectivity index (χ0v) is 18.2. The first-order chi connectivity index (χ1) is 15.2. The second-order valence-electron chi connectivity index (χ2n) is 9.44. The van der Waals surface area contributed by atoms with E-state index in [1.807, 2.05) is 0 Å². The van der Waals surface area contributed by atoms with Crippen molar-refractivity contribution in [3.05, 3.63) is 0 Å². The van der Waals surface area contributed by atoms with Crippen molar-refractivity contribution in [2.75, 3.05) is 0 Å². The lowest BCUT2D eigenvalue weighted by molar-refractivity contribution is -0.509. The highest BCUT2D eigenvalue weighted by molar-refractivity contribution is 5.48. The zero-order chi connectivity index (χ0) is 29.4. The molecule has 6 atom stereocenters. The van der Waals surface area contributed by atoms with E-state index in [1.165, 1.54) is 0 Å². The van der Waals surface area contributed by atoms with Crippen LogP contribution < -0.4 is 0 Å². The summed E-state index contributed by atoms with van der Waals surface area (Å²) >= 11 is 0. The first-order valence-corrected chi connectivity index (χ1v) is 9.61. The van der Waals surface area contributed by atoms with Crippen molar-refractivity contribution < 1.29 is 79.0 Å². The van der Waals surface area contributed by atoms with Crippen LogP contribution in [0.2, 0.25) is 0 Å². The molecule has 0 N–H and O–H groups in total. The second kappa shape index (κ2) is 6.84. The highest BCUT2D eigenvalue weighted by atomic mass is 19.3. The normalized spacial score (nSPS) is 45.8. The molecule has 2 saturated carbocycles. The summed E-state index contributed by atoms with van der Waals surface area (Å²) in [5.74, 6) is -41.9. The van der Waals surface area contributed by atoms with Crippen LogP contribution in [0.15, 0.2) is 0 Å². The third kappa shape index (κ3) is 2.55. The first kappa shape index (κ1) is 31.0. The molecule has 0 saturated heterocycles. The van der Waals surface area contributed by atoms with Crippen LogP contribution in [0.1, 0.15) is 40.5 Å². The summed E-state index contributed by atoms with van der Waals surface area (Å²) < 4.78 is 268. The fourth-order valence-corrected chi connectivity index (χ4v) is 5.32. The summed E-state index contributed by atoms with van der Waals surface area (Å²) in [7, 11) is 0. The van der Waals surface area contributed by atoms with Gasteiger partial charge in [0.2, 0.25) is 22.7 Å². The lowest BCUT2D eigenvalue weighted by atomic mass is 9.41. The standard InChI is InChI=1S/C18H16F18/c1-7(19,20)11(27)5-6-12(28,8(2,21)22)16(32)14(30,10(4,25)26)18(35,36)17(33,34)13(29,9(3,23)24)15(11,16)31/h5-6H2,1-4H3. The molecule has 0 aliphatic heterocycles. The van der Waals surface area contributed by atoms with Gasteiger partial charge >= 0.3 is 11.8 Å². The summed E-state index contributed by atoms with van der Waals surface area (Å²) in [5, 5.41) is 0. The highest BCUT2D eigenvalue weighted by Gasteiger charge is 3.11. The summed E-state index contributed by atoms with van der Waals surface area (Å²) in [6.07, 6.45) is -6.32. The Morgan fingerprint density at radius 2 is 0.583 bits per heavy atom. The van der Waals surface area contributed by atoms with Crippen LogP contribution in [-0.2, 0) is 0 Å². The van der Waals surface area contributed by atoms with Gasteiger partial charge in [-0.05, 0) is 12.8 Å². The average Bonchev–Trinajstić information content (AvgIpc) is 2.62. The van der Waals surface area contributed by atoms with E-state index in [0.717, 1.165) is 0 Å². The minimum absolute atomic E-state index is 1.02. The van der Waals surface area contributed by atoms with E-state index in [2.05, 4.69) is 0 Å². The van der Waals surface area contributed by atoms with E-state index >= 15 is 26.3 Å². The maximum absolute atomic E-state index is 16.3. The summed E-state index contributed by atoms with van der Waals surface area (Å²) in [6.45, 7) is -4.82. The van der Waals surface area contributed by atoms with Gasteiger partial charge in [-0.15, -0.1) is 0 Å². The maximum atomic E-state index is 16.3. The van der Waals surface area contributed by atoms with E-state index < -0.39 is 110 Å². The Labute approximate surface area is 190 Å². The second-order valence-corrected chi connectivity index (χ2v) is 9.44. The molecule has 0 aromatic rings. The molecule has 0 nitrogen and oxygen atoms in total. The maximum Gasteiger partial charge on any atom is 0.356 e. The Morgan fingerprint density at radius 1 is 0.389 bits per heavy atom. The fraction of sp³-hybridized carbons (Fsp3) is 1.00. The molecule has 6 unspecified atom stereocenters. The van der Waals surface area contributed by atoms with Gasteiger partial charge in [0.15, 0.2) is 0 Å². The highest BCUT2D eigenvalue weighted by Crippen LogP contribution is 2.82. The van der Waals surface area contributed by atoms with Crippen LogP contribution >= 0.6 is 0 Å². The zero-order valence-electron chi connectivity index (χ0n) is 18.2. The lowest BCUT2D eigenvalue weighted by Crippen LogP contribution is -3.01. The van der Waals surface area contributed by atoms with Crippen LogP contribution in [0.3, 0.4) is 0 Å². The first-order valence-electron chi connectivity index (χ1n) is 9.61. The minimum Gasteiger partial charge on any atom is -0.233 e. The Hall–Kier alpha value is -1.26. The molecule has 2 fully saturated rings. The third-order valence-electron chi connectivity index (χ3n) is 7.19. The van der Waals surface area contributed by atoms with Gasteiger partial charge < -0.3 is 0 Å². The van der Waals surface area contributed by atoms with E-state index in [0.29, 0.717) is 0 Å². The van der Waals surface area contributed by atoms with E-state index in [-0.39, 0.29) is 0 Å². The molecule has 0 amide bonds. The Balaban J connectivity index is 3.52. The lowest BCUT2D eigenvalue weighted by Gasteiger charge is -2.70. The number of rotatable bonds is 4. The molecular formula is C18H16F18. The van der Waals surface area contributed by atoms with Crippen LogP contribution in [0.25, 0.3) is 0 Å². The van der Waals surface area contributed by atoms with Gasteiger partial charge in [0.25, 0.3) is 35.0 Å². The molecule has 0 aromatic heterocycles. The van der Waals surface area contributed by atoms with Gasteiger partial charge in [-0.3, -0.25) is 0 Å². The minimum atomic E-state index is -8.11. The molecule has 0 aromatic carbocycles. The number of halogens is 18.